The summed E-state index contributed by atoms with van der Waals surface area (Å²) >= 11 is 0.655. The number of aliphatic hydroxyl groups is 2. The number of para-hydroxylation sites is 1. The molecule has 7 aromatic rings. The molecule has 0 saturated carbocycles. The highest BCUT2D eigenvalue weighted by atomic mass is 32.2. The Morgan fingerprint density at radius 1 is 0.564 bits per heavy atom. The van der Waals surface area contributed by atoms with Gasteiger partial charge in [-0.15, -0.1) is 11.8 Å². The lowest BCUT2D eigenvalue weighted by atomic mass is 9.98. The number of β-amino-alcohol motifs (C(OH)–C–C–N with tert-alkyl or cyclic N) is 2. The van der Waals surface area contributed by atoms with E-state index >= 15 is 37.5 Å². The normalized spacial score (nSPS) is 18.5. The van der Waals surface area contributed by atoms with Gasteiger partial charge in [-0.1, -0.05) is 137 Å². The highest BCUT2D eigenvalue weighted by molar-refractivity contribution is 8.00. The number of epoxide rings is 1. The summed E-state index contributed by atoms with van der Waals surface area (Å²) in [5.41, 5.74) is 20.8. The number of halogens is 3. The van der Waals surface area contributed by atoms with E-state index in [4.69, 9.17) is 21.9 Å². The molecule has 3 aliphatic heterocycles. The molecule has 17 atom stereocenters. The first kappa shape index (κ1) is 109. The Bertz CT molecular complexity index is 5480. The number of aromatic amines is 1. The summed E-state index contributed by atoms with van der Waals surface area (Å²) in [6, 6.07) is 18.8. The molecule has 0 bridgehead atoms. The van der Waals surface area contributed by atoms with E-state index in [1.54, 1.807) is 111 Å². The summed E-state index contributed by atoms with van der Waals surface area (Å²) in [6.45, 7) is 4.13. The van der Waals surface area contributed by atoms with Crippen molar-refractivity contribution < 1.29 is 115 Å². The molecule has 0 aliphatic carbocycles. The van der Waals surface area contributed by atoms with Crippen LogP contribution in [0.5, 0.6) is 11.5 Å². The van der Waals surface area contributed by atoms with Gasteiger partial charge in [0.25, 0.3) is 0 Å². The quantitative estimate of drug-likeness (QED) is 0.0110. The minimum atomic E-state index is -1.88. The number of unbranched alkanes of at least 4 members (excludes halogenated alkanes) is 2. The number of aliphatic carboxylic acids is 1. The molecule has 4 heterocycles. The van der Waals surface area contributed by atoms with Gasteiger partial charge in [0.05, 0.1) is 55.1 Å². The largest absolute Gasteiger partial charge is 0.508 e. The number of hydrogen-bond donors (Lipinski definition) is 17. The number of rotatable bonds is 52. The molecule has 6 aromatic carbocycles. The zero-order valence-corrected chi connectivity index (χ0v) is 79.3. The third kappa shape index (κ3) is 30.3. The van der Waals surface area contributed by atoms with Gasteiger partial charge in [-0.3, -0.25) is 72.0 Å². The maximum Gasteiger partial charge on any atom is 0.305 e. The number of nitrogens with two attached hydrogens (primary N) is 3. The van der Waals surface area contributed by atoms with Crippen molar-refractivity contribution in [2.24, 2.45) is 23.1 Å². The highest BCUT2D eigenvalue weighted by Gasteiger charge is 2.56. The number of carboxylic acids is 1. The fourth-order valence-electron chi connectivity index (χ4n) is 17.2. The Kier molecular flexibility index (Phi) is 40.0. The molecule has 3 fully saturated rings. The monoisotopic (exact) mass is 1960 g/mol. The number of likely N-dealkylation sites (N-methyl/N-ethyl adjacent to an activating group) is 3. The molecule has 0 radical (unpaired) electrons. The fraction of sp³-hybridized carbons (Fsp3) is 0.459. The third-order valence-corrected chi connectivity index (χ3v) is 26.1. The van der Waals surface area contributed by atoms with E-state index in [0.717, 1.165) is 20.3 Å². The van der Waals surface area contributed by atoms with Crippen molar-refractivity contribution in [1.82, 2.24) is 72.0 Å². The number of carbonyl (C=O) groups is 15. The number of H-pyrrole nitrogens is 1. The van der Waals surface area contributed by atoms with Gasteiger partial charge in [0.2, 0.25) is 76.8 Å². The maximum absolute atomic E-state index is 15.6. The zero-order valence-electron chi connectivity index (χ0n) is 78.5. The van der Waals surface area contributed by atoms with E-state index in [1.807, 2.05) is 18.2 Å². The molecular weight excluding hydrogens is 1840 g/mol. The number of nitrogens with zero attached hydrogens (tertiary/aromatic N) is 5. The van der Waals surface area contributed by atoms with Gasteiger partial charge in [0.1, 0.15) is 84.5 Å². The van der Waals surface area contributed by atoms with Gasteiger partial charge >= 0.3 is 5.97 Å². The smallest absolute Gasteiger partial charge is 0.305 e. The molecule has 3 saturated heterocycles. The Hall–Kier alpha value is -13.4. The summed E-state index contributed by atoms with van der Waals surface area (Å²) in [5.74, 6) is -20.1. The van der Waals surface area contributed by atoms with Gasteiger partial charge in [0.15, 0.2) is 17.5 Å². The summed E-state index contributed by atoms with van der Waals surface area (Å²) in [6.07, 6.45) is -4.21. The molecule has 1 aromatic heterocycles. The first-order valence-electron chi connectivity index (χ1n) is 46.3. The number of likely N-dealkylation sites (tertiary alicyclic amines) is 2. The van der Waals surface area contributed by atoms with Crippen LogP contribution >= 0.6 is 11.8 Å². The van der Waals surface area contributed by atoms with E-state index < -0.39 is 241 Å². The average Bonchev–Trinajstić information content (AvgIpc) is 1.60. The predicted octanol–water partition coefficient (Wildman–Crippen LogP) is 1.06. The number of phenolic OH excluding ortho intramolecular Hbond substituents is 2. The minimum Gasteiger partial charge on any atom is -0.508 e. The molecule has 0 spiro atoms. The lowest BCUT2D eigenvalue weighted by molar-refractivity contribution is -0.152. The van der Waals surface area contributed by atoms with Crippen LogP contribution in [0, 0.1) is 23.4 Å². The van der Waals surface area contributed by atoms with Gasteiger partial charge in [-0.2, -0.15) is 0 Å². The van der Waals surface area contributed by atoms with Crippen LogP contribution < -0.4 is 59.7 Å². The van der Waals surface area contributed by atoms with Crippen LogP contribution in [-0.2, 0) is 115 Å². The van der Waals surface area contributed by atoms with Crippen molar-refractivity contribution in [1.29, 1.82) is 0 Å². The predicted molar refractivity (Wildman–Crippen MR) is 508 cm³/mol. The van der Waals surface area contributed by atoms with Crippen molar-refractivity contribution in [2.75, 3.05) is 58.8 Å². The van der Waals surface area contributed by atoms with Gasteiger partial charge in [-0.05, 0) is 127 Å². The standard InChI is InChI=1S/C98H124F3N17O21S/c1-7-8-26-76(96(137)117-49-64(122)45-78(117)92(133)107-61(51-119)44-83(126)127)114(4)95(136)80(42-56-21-13-10-14-22-56)116(6)94(135)74(40-59-36-67(99)84(101)68(100)37-59)108-82(125)53-140-52-75(87(128)106-48-81(103)124)113-88(129)70(25-17-18-35-102)109-89(130)72(39-58-29-33-63(121)34-30-58)111-90(131)73(43-60-47-105-69-24-16-15-23-66(60)69)112-93(134)79-46-65(123)50-118(79)98-86(139-98)71(38-57-27-31-62(120)32-28-57)110-91(132)77(41-55-19-11-9-12-20-55)115(5)97(138)85(104)54(2)3/h9-16,19-24,27-34,36-37,47,51,54,61,64-65,70-80,85-86,98,105,120-123H,7-8,17-18,25-26,35,38-46,48-50,52-53,102,104H2,1-6H3,(H2,103,124)(H,106,128)(H,107,133)(H,108,125)(H,109,130)(H,110,132)(H,111,131)(H,112,134)(H,113,129)(H,126,127)/t61-,64+,65+,70-,71-,72-,73-,74-,75-,76-,77?,78+,79+,80?,85-,86?,98?/m0/s1. The van der Waals surface area contributed by atoms with Crippen LogP contribution in [-0.4, -0.2) is 306 Å². The molecule has 42 heteroatoms. The van der Waals surface area contributed by atoms with Crippen LogP contribution in [0.2, 0.25) is 0 Å². The Morgan fingerprint density at radius 2 is 1.10 bits per heavy atom. The number of aromatic nitrogens is 1. The molecule has 13 amide bonds. The maximum atomic E-state index is 15.6. The number of primary amides is 1. The van der Waals surface area contributed by atoms with Crippen LogP contribution in [0.4, 0.5) is 13.2 Å². The van der Waals surface area contributed by atoms with Crippen LogP contribution in [0.1, 0.15) is 112 Å². The molecule has 3 aliphatic rings. The van der Waals surface area contributed by atoms with Crippen molar-refractivity contribution in [3.05, 3.63) is 203 Å². The Balaban J connectivity index is 0.888. The number of phenols is 2. The number of aliphatic hydroxyl groups excluding tert-OH is 2. The van der Waals surface area contributed by atoms with E-state index in [2.05, 4.69) is 47.5 Å². The third-order valence-electron chi connectivity index (χ3n) is 25.0. The second-order valence-electron chi connectivity index (χ2n) is 35.9. The number of hydrogen-bond acceptors (Lipinski definition) is 24. The Morgan fingerprint density at radius 3 is 1.70 bits per heavy atom. The number of amides is 13. The van der Waals surface area contributed by atoms with Crippen molar-refractivity contribution in [3.63, 3.8) is 0 Å². The second-order valence-corrected chi connectivity index (χ2v) is 36.9. The summed E-state index contributed by atoms with van der Waals surface area (Å²) in [4.78, 5) is 223. The van der Waals surface area contributed by atoms with Crippen LogP contribution in [0.25, 0.3) is 10.9 Å². The SMILES string of the molecule is CCCC[C@@H](C(=O)N1C[C@H](O)C[C@@H]1C(=O)N[C@H](C=O)CC(=O)O)N(C)C(=O)C(Cc1ccccc1)N(C)C(=O)[C@H](Cc1cc(F)c(F)c(F)c1)NC(=O)CSC[C@H](NC(=O)[C@H](CCCCN)NC(=O)[C@H](Cc1ccc(O)cc1)NC(=O)[C@H](Cc1c[nH]c2ccccc12)NC(=O)[C@H]1C[C@@H](O)CN1C1OC1[C@H](Cc1ccc(O)cc1)NC(=O)C(Cc1ccccc1)N(C)C(=O)[C@@H](N)C(C)C)C(=O)NCC(N)=O. The molecule has 140 heavy (non-hydrogen) atoms. The topological polar surface area (TPSA) is 576 Å². The highest BCUT2D eigenvalue weighted by Crippen LogP contribution is 2.37. The summed E-state index contributed by atoms with van der Waals surface area (Å²) < 4.78 is 51.4. The summed E-state index contributed by atoms with van der Waals surface area (Å²) in [7, 11) is 3.94. The molecule has 4 unspecified atom stereocenters. The number of ether oxygens (including phenoxy) is 1. The van der Waals surface area contributed by atoms with Crippen LogP contribution in [0.3, 0.4) is 0 Å². The number of nitrogens with one attached hydrogen (secondary N) is 9. The number of aromatic hydroxyl groups is 2. The van der Waals surface area contributed by atoms with Gasteiger partial charge in [0, 0.05) is 95.6 Å². The Labute approximate surface area is 811 Å². The van der Waals surface area contributed by atoms with E-state index in [0.29, 0.717) is 69.9 Å². The van der Waals surface area contributed by atoms with E-state index in [9.17, 15) is 73.1 Å². The zero-order chi connectivity index (χ0) is 102. The lowest BCUT2D eigenvalue weighted by Crippen LogP contribution is -2.60. The number of fused-ring (bicyclic) bond motifs is 1. The molecule has 38 nitrogen and oxygen atoms in total. The first-order chi connectivity index (χ1) is 66.7. The second kappa shape index (κ2) is 51.5. The van der Waals surface area contributed by atoms with Crippen molar-refractivity contribution in [3.8, 4) is 11.5 Å². The summed E-state index contributed by atoms with van der Waals surface area (Å²) in [5, 5.41) is 74.5. The minimum absolute atomic E-state index is 0.0245. The first-order valence-corrected chi connectivity index (χ1v) is 47.5. The number of aldehydes is 1. The molecule has 10 rings (SSSR count). The molecular formula is C98H124F3N17O21S. The number of thioether (sulfide) groups is 1. The van der Waals surface area contributed by atoms with Crippen molar-refractivity contribution in [2.45, 2.75) is 220 Å². The average molecular weight is 1970 g/mol. The number of carboxylic acid groups (broad SMARTS) is 1. The van der Waals surface area contributed by atoms with E-state index in [1.165, 1.54) is 62.4 Å². The van der Waals surface area contributed by atoms with Gasteiger partial charge in [-0.25, -0.2) is 13.2 Å². The molecule has 754 valence electrons. The van der Waals surface area contributed by atoms with E-state index in [-0.39, 0.29) is 113 Å². The number of benzene rings is 6. The molecule has 20 N–H and O–H groups in total. The fourth-order valence-corrected chi connectivity index (χ4v) is 18.0. The van der Waals surface area contributed by atoms with Gasteiger partial charge < -0.3 is 119 Å². The lowest BCUT2D eigenvalue weighted by Gasteiger charge is -2.37. The van der Waals surface area contributed by atoms with Crippen LogP contribution in [0.15, 0.2) is 152 Å². The number of carbonyl (C=O) groups excluding carboxylic acids is 14. The van der Waals surface area contributed by atoms with Crippen molar-refractivity contribution >= 4 is 112 Å².